The van der Waals surface area contributed by atoms with Crippen molar-refractivity contribution in [3.63, 3.8) is 0 Å². The van der Waals surface area contributed by atoms with E-state index >= 15 is 0 Å². The summed E-state index contributed by atoms with van der Waals surface area (Å²) in [7, 11) is 0. The van der Waals surface area contributed by atoms with E-state index in [1.165, 1.54) is 19.3 Å². The number of nitrogens with zero attached hydrogens (tertiary/aromatic N) is 2. The Morgan fingerprint density at radius 1 is 1.21 bits per heavy atom. The van der Waals surface area contributed by atoms with Gasteiger partial charge in [0, 0.05) is 25.8 Å². The topological polar surface area (TPSA) is 45.2 Å². The number of likely N-dealkylation sites (tertiary alicyclic amines) is 1. The van der Waals surface area contributed by atoms with Crippen LogP contribution in [0.15, 0.2) is 18.3 Å². The number of anilines is 1. The van der Waals surface area contributed by atoms with Crippen LogP contribution in [0.4, 0.5) is 5.82 Å². The maximum absolute atomic E-state index is 12.4. The zero-order valence-electron chi connectivity index (χ0n) is 11.7. The molecule has 1 saturated heterocycles. The zero-order valence-corrected chi connectivity index (χ0v) is 11.7. The summed E-state index contributed by atoms with van der Waals surface area (Å²) < 4.78 is 0. The summed E-state index contributed by atoms with van der Waals surface area (Å²) in [5, 5.41) is 3.14. The van der Waals surface area contributed by atoms with Crippen molar-refractivity contribution < 1.29 is 4.79 Å². The molecule has 1 fully saturated rings. The molecular formula is C15H23N3O. The van der Waals surface area contributed by atoms with Crippen molar-refractivity contribution in [3.05, 3.63) is 23.9 Å². The van der Waals surface area contributed by atoms with Crippen molar-refractivity contribution in [2.24, 2.45) is 0 Å². The molecule has 0 radical (unpaired) electrons. The third kappa shape index (κ3) is 3.94. The standard InChI is InChI=1S/C15H23N3O/c1-2-16-14-9-8-13(12-17-14)15(19)18-10-6-4-3-5-7-11-18/h8-9,12H,2-7,10-11H2,1H3,(H,16,17). The molecule has 4 nitrogen and oxygen atoms in total. The second-order valence-electron chi connectivity index (χ2n) is 5.02. The molecule has 104 valence electrons. The van der Waals surface area contributed by atoms with Gasteiger partial charge in [-0.15, -0.1) is 0 Å². The fraction of sp³-hybridized carbons (Fsp3) is 0.600. The van der Waals surface area contributed by atoms with Crippen LogP contribution in [0.2, 0.25) is 0 Å². The van der Waals surface area contributed by atoms with Crippen LogP contribution < -0.4 is 5.32 Å². The molecule has 1 aliphatic rings. The number of amides is 1. The molecule has 0 atom stereocenters. The van der Waals surface area contributed by atoms with Gasteiger partial charge in [0.1, 0.15) is 5.82 Å². The Balaban J connectivity index is 2.00. The molecule has 4 heteroatoms. The van der Waals surface area contributed by atoms with E-state index in [1.54, 1.807) is 6.20 Å². The van der Waals surface area contributed by atoms with Crippen LogP contribution in [-0.4, -0.2) is 35.4 Å². The van der Waals surface area contributed by atoms with Crippen LogP contribution in [0.5, 0.6) is 0 Å². The molecule has 1 aliphatic heterocycles. The summed E-state index contributed by atoms with van der Waals surface area (Å²) in [5.74, 6) is 0.948. The van der Waals surface area contributed by atoms with Gasteiger partial charge in [-0.1, -0.05) is 19.3 Å². The van der Waals surface area contributed by atoms with Gasteiger partial charge in [0.2, 0.25) is 0 Å². The van der Waals surface area contributed by atoms with E-state index in [4.69, 9.17) is 0 Å². The Bertz CT molecular complexity index is 394. The molecule has 1 aromatic heterocycles. The van der Waals surface area contributed by atoms with E-state index in [1.807, 2.05) is 24.0 Å². The maximum Gasteiger partial charge on any atom is 0.255 e. The first-order valence-electron chi connectivity index (χ1n) is 7.30. The Hall–Kier alpha value is -1.58. The minimum Gasteiger partial charge on any atom is -0.370 e. The Morgan fingerprint density at radius 3 is 2.47 bits per heavy atom. The minimum atomic E-state index is 0.123. The molecule has 0 spiro atoms. The van der Waals surface area contributed by atoms with Gasteiger partial charge < -0.3 is 10.2 Å². The number of aromatic nitrogens is 1. The Labute approximate surface area is 115 Å². The van der Waals surface area contributed by atoms with E-state index in [-0.39, 0.29) is 5.91 Å². The molecule has 2 heterocycles. The van der Waals surface area contributed by atoms with Crippen LogP contribution in [-0.2, 0) is 0 Å². The average Bonchev–Trinajstić information content (AvgIpc) is 2.39. The quantitative estimate of drug-likeness (QED) is 0.910. The van der Waals surface area contributed by atoms with Crippen molar-refractivity contribution in [2.75, 3.05) is 25.0 Å². The number of hydrogen-bond donors (Lipinski definition) is 1. The summed E-state index contributed by atoms with van der Waals surface area (Å²) >= 11 is 0. The second-order valence-corrected chi connectivity index (χ2v) is 5.02. The van der Waals surface area contributed by atoms with Crippen molar-refractivity contribution in [1.29, 1.82) is 0 Å². The summed E-state index contributed by atoms with van der Waals surface area (Å²) in [6, 6.07) is 3.74. The smallest absolute Gasteiger partial charge is 0.255 e. The highest BCUT2D eigenvalue weighted by Crippen LogP contribution is 2.14. The largest absolute Gasteiger partial charge is 0.370 e. The maximum atomic E-state index is 12.4. The second kappa shape index (κ2) is 7.12. The zero-order chi connectivity index (χ0) is 13.5. The number of carbonyl (C=O) groups excluding carboxylic acids is 1. The monoisotopic (exact) mass is 261 g/mol. The molecule has 0 aliphatic carbocycles. The van der Waals surface area contributed by atoms with Gasteiger partial charge in [0.25, 0.3) is 5.91 Å². The third-order valence-electron chi connectivity index (χ3n) is 3.51. The van der Waals surface area contributed by atoms with Gasteiger partial charge >= 0.3 is 0 Å². The highest BCUT2D eigenvalue weighted by molar-refractivity contribution is 5.94. The molecule has 1 N–H and O–H groups in total. The Kier molecular flexibility index (Phi) is 5.19. The van der Waals surface area contributed by atoms with Gasteiger partial charge in [0.05, 0.1) is 5.56 Å². The predicted molar refractivity (Wildman–Crippen MR) is 77.4 cm³/mol. The minimum absolute atomic E-state index is 0.123. The van der Waals surface area contributed by atoms with Crippen LogP contribution >= 0.6 is 0 Å². The summed E-state index contributed by atoms with van der Waals surface area (Å²) in [4.78, 5) is 18.6. The fourth-order valence-electron chi connectivity index (χ4n) is 2.44. The van der Waals surface area contributed by atoms with Crippen molar-refractivity contribution in [1.82, 2.24) is 9.88 Å². The van der Waals surface area contributed by atoms with Gasteiger partial charge in [0.15, 0.2) is 0 Å². The number of nitrogens with one attached hydrogen (secondary N) is 1. The van der Waals surface area contributed by atoms with E-state index in [0.29, 0.717) is 5.56 Å². The SMILES string of the molecule is CCNc1ccc(C(=O)N2CCCCCCC2)cn1. The number of carbonyl (C=O) groups is 1. The molecule has 0 aromatic carbocycles. The van der Waals surface area contributed by atoms with Gasteiger partial charge in [-0.2, -0.15) is 0 Å². The molecule has 0 saturated carbocycles. The van der Waals surface area contributed by atoms with E-state index in [9.17, 15) is 4.79 Å². The fourth-order valence-corrected chi connectivity index (χ4v) is 2.44. The molecule has 19 heavy (non-hydrogen) atoms. The van der Waals surface area contributed by atoms with Crippen molar-refractivity contribution in [2.45, 2.75) is 39.0 Å². The van der Waals surface area contributed by atoms with Gasteiger partial charge in [-0.25, -0.2) is 4.98 Å². The summed E-state index contributed by atoms with van der Waals surface area (Å²) in [6.07, 6.45) is 7.70. The Morgan fingerprint density at radius 2 is 1.89 bits per heavy atom. The first-order chi connectivity index (χ1) is 9.31. The number of hydrogen-bond acceptors (Lipinski definition) is 3. The molecule has 2 rings (SSSR count). The van der Waals surface area contributed by atoms with Crippen LogP contribution in [0.1, 0.15) is 49.4 Å². The van der Waals surface area contributed by atoms with E-state index < -0.39 is 0 Å². The van der Waals surface area contributed by atoms with Crippen LogP contribution in [0, 0.1) is 0 Å². The first kappa shape index (κ1) is 13.8. The summed E-state index contributed by atoms with van der Waals surface area (Å²) in [5.41, 5.74) is 0.697. The lowest BCUT2D eigenvalue weighted by atomic mass is 10.1. The molecule has 0 unspecified atom stereocenters. The molecular weight excluding hydrogens is 238 g/mol. The molecule has 1 amide bonds. The third-order valence-corrected chi connectivity index (χ3v) is 3.51. The highest BCUT2D eigenvalue weighted by atomic mass is 16.2. The van der Waals surface area contributed by atoms with Gasteiger partial charge in [-0.05, 0) is 31.9 Å². The molecule has 1 aromatic rings. The van der Waals surface area contributed by atoms with E-state index in [2.05, 4.69) is 10.3 Å². The van der Waals surface area contributed by atoms with Crippen LogP contribution in [0.25, 0.3) is 0 Å². The van der Waals surface area contributed by atoms with Crippen LogP contribution in [0.3, 0.4) is 0 Å². The lowest BCUT2D eigenvalue weighted by Crippen LogP contribution is -2.33. The van der Waals surface area contributed by atoms with Crippen molar-refractivity contribution >= 4 is 11.7 Å². The molecule has 0 bridgehead atoms. The predicted octanol–water partition coefficient (Wildman–Crippen LogP) is 2.92. The number of pyridine rings is 1. The lowest BCUT2D eigenvalue weighted by molar-refractivity contribution is 0.0742. The normalized spacial score (nSPS) is 16.6. The van der Waals surface area contributed by atoms with Gasteiger partial charge in [-0.3, -0.25) is 4.79 Å². The summed E-state index contributed by atoms with van der Waals surface area (Å²) in [6.45, 7) is 4.63. The van der Waals surface area contributed by atoms with E-state index in [0.717, 1.165) is 38.3 Å². The lowest BCUT2D eigenvalue weighted by Gasteiger charge is -2.24. The first-order valence-corrected chi connectivity index (χ1v) is 7.30. The average molecular weight is 261 g/mol. The highest BCUT2D eigenvalue weighted by Gasteiger charge is 2.16. The van der Waals surface area contributed by atoms with Crippen molar-refractivity contribution in [3.8, 4) is 0 Å². The number of rotatable bonds is 3.